The Bertz CT molecular complexity index is 383. The second-order valence-electron chi connectivity index (χ2n) is 3.57. The maximum atomic E-state index is 11.0. The van der Waals surface area contributed by atoms with Gasteiger partial charge in [-0.15, -0.1) is 5.10 Å². The van der Waals surface area contributed by atoms with Crippen molar-refractivity contribution in [2.24, 2.45) is 0 Å². The standard InChI is InChI=1S/C10H18N4O4S/c1-16-8(15)5-4-6-19-10-11-12-13-14(10)7-9(17-2)18-3/h9H,4-7H2,1-3H3. The van der Waals surface area contributed by atoms with Crippen molar-refractivity contribution in [1.82, 2.24) is 20.2 Å². The van der Waals surface area contributed by atoms with Gasteiger partial charge in [0.15, 0.2) is 6.29 Å². The number of thioether (sulfide) groups is 1. The van der Waals surface area contributed by atoms with Crippen LogP contribution in [0.25, 0.3) is 0 Å². The first kappa shape index (κ1) is 15.9. The van der Waals surface area contributed by atoms with Gasteiger partial charge in [-0.05, 0) is 16.8 Å². The lowest BCUT2D eigenvalue weighted by atomic mass is 10.3. The molecule has 0 fully saturated rings. The summed E-state index contributed by atoms with van der Waals surface area (Å²) in [4.78, 5) is 11.0. The number of nitrogens with zero attached hydrogens (tertiary/aromatic N) is 4. The lowest BCUT2D eigenvalue weighted by molar-refractivity contribution is -0.140. The van der Waals surface area contributed by atoms with Crippen LogP contribution in [0.5, 0.6) is 0 Å². The second-order valence-corrected chi connectivity index (χ2v) is 4.63. The van der Waals surface area contributed by atoms with E-state index >= 15 is 0 Å². The number of methoxy groups -OCH3 is 3. The molecule has 0 atom stereocenters. The molecule has 108 valence electrons. The number of hydrogen-bond donors (Lipinski definition) is 0. The Morgan fingerprint density at radius 3 is 2.74 bits per heavy atom. The molecule has 0 aliphatic heterocycles. The first-order valence-corrected chi connectivity index (χ1v) is 6.71. The first-order chi connectivity index (χ1) is 9.21. The van der Waals surface area contributed by atoms with E-state index < -0.39 is 6.29 Å². The number of esters is 1. The summed E-state index contributed by atoms with van der Waals surface area (Å²) < 4.78 is 16.4. The molecule has 1 aromatic heterocycles. The van der Waals surface area contributed by atoms with Gasteiger partial charge in [0.25, 0.3) is 0 Å². The van der Waals surface area contributed by atoms with Gasteiger partial charge in [-0.3, -0.25) is 4.79 Å². The fraction of sp³-hybridized carbons (Fsp3) is 0.800. The van der Waals surface area contributed by atoms with Crippen LogP contribution in [0, 0.1) is 0 Å². The molecule has 0 aromatic carbocycles. The Hall–Kier alpha value is -1.19. The molecule has 1 heterocycles. The highest BCUT2D eigenvalue weighted by molar-refractivity contribution is 7.99. The van der Waals surface area contributed by atoms with Crippen LogP contribution in [-0.4, -0.2) is 59.5 Å². The Kier molecular flexibility index (Phi) is 7.38. The van der Waals surface area contributed by atoms with E-state index in [4.69, 9.17) is 9.47 Å². The van der Waals surface area contributed by atoms with Crippen molar-refractivity contribution in [1.29, 1.82) is 0 Å². The number of tetrazole rings is 1. The van der Waals surface area contributed by atoms with Crippen LogP contribution < -0.4 is 0 Å². The highest BCUT2D eigenvalue weighted by atomic mass is 32.2. The van der Waals surface area contributed by atoms with Crippen molar-refractivity contribution < 1.29 is 19.0 Å². The van der Waals surface area contributed by atoms with Crippen LogP contribution in [0.3, 0.4) is 0 Å². The summed E-state index contributed by atoms with van der Waals surface area (Å²) in [6.07, 6.45) is 0.712. The molecule has 0 unspecified atom stereocenters. The van der Waals surface area contributed by atoms with Crippen LogP contribution >= 0.6 is 11.8 Å². The van der Waals surface area contributed by atoms with Crippen LogP contribution in [0.4, 0.5) is 0 Å². The van der Waals surface area contributed by atoms with Crippen molar-refractivity contribution in [3.8, 4) is 0 Å². The van der Waals surface area contributed by atoms with Crippen LogP contribution in [0.1, 0.15) is 12.8 Å². The molecule has 1 aromatic rings. The topological polar surface area (TPSA) is 88.4 Å². The van der Waals surface area contributed by atoms with Crippen molar-refractivity contribution in [2.75, 3.05) is 27.1 Å². The summed E-state index contributed by atoms with van der Waals surface area (Å²) in [5, 5.41) is 12.1. The quantitative estimate of drug-likeness (QED) is 0.278. The molecule has 19 heavy (non-hydrogen) atoms. The predicted octanol–water partition coefficient (Wildman–Crippen LogP) is 0.337. The molecule has 0 saturated heterocycles. The van der Waals surface area contributed by atoms with Crippen molar-refractivity contribution in [3.05, 3.63) is 0 Å². The maximum Gasteiger partial charge on any atom is 0.305 e. The summed E-state index contributed by atoms with van der Waals surface area (Å²) in [5.74, 6) is 0.527. The molecule has 1 rings (SSSR count). The molecule has 0 saturated carbocycles. The van der Waals surface area contributed by atoms with E-state index in [1.165, 1.54) is 18.9 Å². The molecule has 0 N–H and O–H groups in total. The monoisotopic (exact) mass is 290 g/mol. The number of aromatic nitrogens is 4. The highest BCUT2D eigenvalue weighted by Gasteiger charge is 2.12. The molecule has 0 spiro atoms. The van der Waals surface area contributed by atoms with E-state index in [0.717, 1.165) is 5.75 Å². The van der Waals surface area contributed by atoms with Gasteiger partial charge in [0.1, 0.15) is 0 Å². The minimum Gasteiger partial charge on any atom is -0.469 e. The normalized spacial score (nSPS) is 10.9. The lowest BCUT2D eigenvalue weighted by Gasteiger charge is -2.13. The molecule has 9 heteroatoms. The van der Waals surface area contributed by atoms with E-state index in [1.54, 1.807) is 18.9 Å². The number of carbonyl (C=O) groups excluding carboxylic acids is 1. The largest absolute Gasteiger partial charge is 0.469 e. The molecular weight excluding hydrogens is 272 g/mol. The molecule has 0 bridgehead atoms. The van der Waals surface area contributed by atoms with Gasteiger partial charge in [-0.2, -0.15) is 0 Å². The lowest BCUT2D eigenvalue weighted by Crippen LogP contribution is -2.22. The molecule has 8 nitrogen and oxygen atoms in total. The van der Waals surface area contributed by atoms with Gasteiger partial charge < -0.3 is 14.2 Å². The fourth-order valence-corrected chi connectivity index (χ4v) is 2.11. The number of rotatable bonds is 9. The Morgan fingerprint density at radius 2 is 2.11 bits per heavy atom. The van der Waals surface area contributed by atoms with Crippen LogP contribution in [0.15, 0.2) is 5.16 Å². The van der Waals surface area contributed by atoms with Crippen molar-refractivity contribution >= 4 is 17.7 Å². The van der Waals surface area contributed by atoms with Crippen molar-refractivity contribution in [3.63, 3.8) is 0 Å². The van der Waals surface area contributed by atoms with Gasteiger partial charge in [0.05, 0.1) is 13.7 Å². The third-order valence-corrected chi connectivity index (χ3v) is 3.37. The Labute approximate surface area is 115 Å². The summed E-state index contributed by atoms with van der Waals surface area (Å²) in [6.45, 7) is 0.416. The van der Waals surface area contributed by atoms with Gasteiger partial charge >= 0.3 is 5.97 Å². The molecular formula is C10H18N4O4S. The summed E-state index contributed by atoms with van der Waals surface area (Å²) in [7, 11) is 4.50. The number of hydrogen-bond acceptors (Lipinski definition) is 8. The molecule has 0 aliphatic rings. The van der Waals surface area contributed by atoms with Crippen LogP contribution in [-0.2, 0) is 25.5 Å². The molecule has 0 amide bonds. The van der Waals surface area contributed by atoms with E-state index in [0.29, 0.717) is 24.5 Å². The second kappa shape index (κ2) is 8.83. The van der Waals surface area contributed by atoms with Gasteiger partial charge in [-0.1, -0.05) is 11.8 Å². The van der Waals surface area contributed by atoms with Crippen molar-refractivity contribution in [2.45, 2.75) is 30.8 Å². The van der Waals surface area contributed by atoms with E-state index in [2.05, 4.69) is 20.3 Å². The SMILES string of the molecule is COC(=O)CCCSc1nnnn1CC(OC)OC. The summed E-state index contributed by atoms with van der Waals surface area (Å²) >= 11 is 1.48. The average Bonchev–Trinajstić information content (AvgIpc) is 2.87. The number of carbonyl (C=O) groups is 1. The van der Waals surface area contributed by atoms with Gasteiger partial charge in [0, 0.05) is 26.4 Å². The zero-order valence-corrected chi connectivity index (χ0v) is 12.1. The maximum absolute atomic E-state index is 11.0. The Balaban J connectivity index is 2.38. The zero-order chi connectivity index (χ0) is 14.1. The van der Waals surface area contributed by atoms with Crippen LogP contribution in [0.2, 0.25) is 0 Å². The highest BCUT2D eigenvalue weighted by Crippen LogP contribution is 2.16. The third kappa shape index (κ3) is 5.53. The Morgan fingerprint density at radius 1 is 1.37 bits per heavy atom. The summed E-state index contributed by atoms with van der Waals surface area (Å²) in [6, 6.07) is 0. The smallest absolute Gasteiger partial charge is 0.305 e. The summed E-state index contributed by atoms with van der Waals surface area (Å²) in [5.41, 5.74) is 0. The van der Waals surface area contributed by atoms with E-state index in [1.807, 2.05) is 0 Å². The van der Waals surface area contributed by atoms with Gasteiger partial charge in [-0.25, -0.2) is 4.68 Å². The predicted molar refractivity (Wildman–Crippen MR) is 67.6 cm³/mol. The fourth-order valence-electron chi connectivity index (χ4n) is 1.28. The molecule has 0 radical (unpaired) electrons. The third-order valence-electron chi connectivity index (χ3n) is 2.33. The number of ether oxygens (including phenoxy) is 3. The molecule has 0 aliphatic carbocycles. The minimum atomic E-state index is -0.391. The van der Waals surface area contributed by atoms with E-state index in [9.17, 15) is 4.79 Å². The first-order valence-electron chi connectivity index (χ1n) is 5.72. The van der Waals surface area contributed by atoms with Gasteiger partial charge in [0.2, 0.25) is 5.16 Å². The minimum absolute atomic E-state index is 0.209. The average molecular weight is 290 g/mol. The zero-order valence-electron chi connectivity index (χ0n) is 11.2. The van der Waals surface area contributed by atoms with E-state index in [-0.39, 0.29) is 5.97 Å².